The fourth-order valence-electron chi connectivity index (χ4n) is 6.16. The first kappa shape index (κ1) is 46.0. The summed E-state index contributed by atoms with van der Waals surface area (Å²) < 4.78 is 9.29. The Kier molecular flexibility index (Phi) is 24.6. The second kappa shape index (κ2) is 24.1. The van der Waals surface area contributed by atoms with Crippen LogP contribution in [0.15, 0.2) is 0 Å². The van der Waals surface area contributed by atoms with Gasteiger partial charge in [0.25, 0.3) is 0 Å². The highest BCUT2D eigenvalue weighted by molar-refractivity contribution is 9.10. The molecule has 45 heavy (non-hydrogen) atoms. The summed E-state index contributed by atoms with van der Waals surface area (Å²) in [5.41, 5.74) is 4.82. The quantitative estimate of drug-likeness (QED) is 0.181. The first-order valence-corrected chi connectivity index (χ1v) is 18.3. The van der Waals surface area contributed by atoms with Crippen LogP contribution in [0.5, 0.6) is 0 Å². The van der Waals surface area contributed by atoms with E-state index >= 15 is 0 Å². The van der Waals surface area contributed by atoms with E-state index in [1.54, 1.807) is 20.8 Å². The third-order valence-electron chi connectivity index (χ3n) is 8.87. The van der Waals surface area contributed by atoms with Gasteiger partial charge in [0, 0.05) is 6.04 Å². The van der Waals surface area contributed by atoms with Crippen LogP contribution in [0.4, 0.5) is 0 Å². The highest BCUT2D eigenvalue weighted by atomic mass is 79.9. The van der Waals surface area contributed by atoms with E-state index in [-0.39, 0.29) is 24.8 Å². The zero-order valence-electron chi connectivity index (χ0n) is 29.6. The van der Waals surface area contributed by atoms with Crippen LogP contribution in [0, 0.1) is 22.7 Å². The van der Waals surface area contributed by atoms with Crippen molar-refractivity contribution < 1.29 is 29.0 Å². The standard InChI is InChI=1S/C13H24O2.C11H20O2.C6H11BrO2.C6H13N.CH4/c1-4-15-12(14)13(2,3)10-11-8-6-5-7-9-11;1-11(2,10(12)13)8-9-6-4-3-5-7-9;1-4-9-5(8)6(2,3)7;7-6-4-2-1-3-5-6;/h11H,4-10H2,1-3H3;9H,3-8H2,1-2H3,(H,12,13);4H2,1-3H3;6H,1-5,7H2;1H4. The molecule has 0 aromatic rings. The number of carboxylic acids is 1. The Morgan fingerprint density at radius 3 is 1.24 bits per heavy atom. The van der Waals surface area contributed by atoms with Gasteiger partial charge in [-0.25, -0.2) is 0 Å². The average Bonchev–Trinajstić information content (AvgIpc) is 2.95. The van der Waals surface area contributed by atoms with Crippen molar-refractivity contribution >= 4 is 33.8 Å². The van der Waals surface area contributed by atoms with Gasteiger partial charge in [0.15, 0.2) is 0 Å². The summed E-state index contributed by atoms with van der Waals surface area (Å²) in [6.07, 6.45) is 21.5. The van der Waals surface area contributed by atoms with Crippen LogP contribution >= 0.6 is 15.9 Å². The summed E-state index contributed by atoms with van der Waals surface area (Å²) in [7, 11) is 0. The molecule has 3 saturated carbocycles. The number of alkyl halides is 1. The number of hydrogen-bond acceptors (Lipinski definition) is 6. The summed E-state index contributed by atoms with van der Waals surface area (Å²) in [6, 6.07) is 0.536. The number of hydrogen-bond donors (Lipinski definition) is 2. The molecule has 3 aliphatic carbocycles. The molecular formula is C37H72BrNO6. The number of carbonyl (C=O) groups is 3. The Bertz CT molecular complexity index is 789. The van der Waals surface area contributed by atoms with Crippen molar-refractivity contribution in [1.29, 1.82) is 0 Å². The zero-order chi connectivity index (χ0) is 33.8. The summed E-state index contributed by atoms with van der Waals surface area (Å²) in [6.45, 7) is 15.8. The second-order valence-electron chi connectivity index (χ2n) is 14.8. The molecule has 3 N–H and O–H groups in total. The molecule has 0 spiro atoms. The first-order chi connectivity index (χ1) is 20.5. The SMILES string of the molecule is C.CC(C)(CC1CCCCC1)C(=O)O.CCOC(=O)C(C)(C)Br.CCOC(=O)C(C)(C)CC1CCCCC1.NC1CCCCC1. The van der Waals surface area contributed by atoms with Gasteiger partial charge in [-0.1, -0.05) is 107 Å². The van der Waals surface area contributed by atoms with Crippen molar-refractivity contribution in [1.82, 2.24) is 0 Å². The van der Waals surface area contributed by atoms with Crippen LogP contribution < -0.4 is 5.73 Å². The van der Waals surface area contributed by atoms with Crippen LogP contribution in [0.1, 0.15) is 172 Å². The minimum absolute atomic E-state index is 0. The predicted octanol–water partition coefficient (Wildman–Crippen LogP) is 10.3. The Labute approximate surface area is 286 Å². The van der Waals surface area contributed by atoms with E-state index in [1.165, 1.54) is 96.3 Å². The number of ether oxygens (including phenoxy) is 2. The molecule has 268 valence electrons. The molecule has 3 aliphatic rings. The van der Waals surface area contributed by atoms with Crippen molar-refractivity contribution in [2.24, 2.45) is 28.4 Å². The van der Waals surface area contributed by atoms with Crippen LogP contribution in [-0.2, 0) is 23.9 Å². The van der Waals surface area contributed by atoms with E-state index in [0.29, 0.717) is 25.2 Å². The lowest BCUT2D eigenvalue weighted by Gasteiger charge is -2.29. The topological polar surface area (TPSA) is 116 Å². The largest absolute Gasteiger partial charge is 0.481 e. The van der Waals surface area contributed by atoms with E-state index in [9.17, 15) is 14.4 Å². The van der Waals surface area contributed by atoms with Crippen LogP contribution in [0.2, 0.25) is 0 Å². The van der Waals surface area contributed by atoms with E-state index in [2.05, 4.69) is 15.9 Å². The van der Waals surface area contributed by atoms with Gasteiger partial charge in [0.1, 0.15) is 4.32 Å². The molecule has 0 aromatic heterocycles. The summed E-state index contributed by atoms with van der Waals surface area (Å²) in [5, 5.41) is 8.97. The number of nitrogens with two attached hydrogens (primary N) is 1. The maximum atomic E-state index is 11.7. The average molecular weight is 707 g/mol. The number of carboxylic acid groups (broad SMARTS) is 1. The summed E-state index contributed by atoms with van der Waals surface area (Å²) in [5.74, 6) is 0.483. The van der Waals surface area contributed by atoms with E-state index < -0.39 is 15.7 Å². The number of halogens is 1. The van der Waals surface area contributed by atoms with Gasteiger partial charge in [-0.2, -0.15) is 0 Å². The molecule has 0 radical (unpaired) electrons. The van der Waals surface area contributed by atoms with Crippen LogP contribution in [0.3, 0.4) is 0 Å². The molecule has 8 heteroatoms. The summed E-state index contributed by atoms with van der Waals surface area (Å²) in [4.78, 5) is 33.4. The monoisotopic (exact) mass is 705 g/mol. The van der Waals surface area contributed by atoms with Gasteiger partial charge in [-0.15, -0.1) is 0 Å². The van der Waals surface area contributed by atoms with Crippen molar-refractivity contribution in [2.45, 2.75) is 182 Å². The third kappa shape index (κ3) is 22.1. The molecule has 0 amide bonds. The number of aliphatic carboxylic acids is 1. The molecule has 0 bridgehead atoms. The Balaban J connectivity index is 0. The Morgan fingerprint density at radius 1 is 0.644 bits per heavy atom. The molecule has 7 nitrogen and oxygen atoms in total. The minimum atomic E-state index is -0.655. The van der Waals surface area contributed by atoms with Crippen molar-refractivity contribution in [3.63, 3.8) is 0 Å². The van der Waals surface area contributed by atoms with Crippen molar-refractivity contribution in [2.75, 3.05) is 13.2 Å². The maximum Gasteiger partial charge on any atom is 0.322 e. The molecule has 3 rings (SSSR count). The third-order valence-corrected chi connectivity index (χ3v) is 9.19. The predicted molar refractivity (Wildman–Crippen MR) is 192 cm³/mol. The van der Waals surface area contributed by atoms with Crippen LogP contribution in [-0.4, -0.2) is 46.6 Å². The lowest BCUT2D eigenvalue weighted by molar-refractivity contribution is -0.154. The van der Waals surface area contributed by atoms with E-state index in [4.69, 9.17) is 20.3 Å². The smallest absolute Gasteiger partial charge is 0.322 e. The maximum absolute atomic E-state index is 11.7. The highest BCUT2D eigenvalue weighted by Gasteiger charge is 2.33. The molecular weight excluding hydrogens is 634 g/mol. The minimum Gasteiger partial charge on any atom is -0.481 e. The van der Waals surface area contributed by atoms with Gasteiger partial charge in [0.2, 0.25) is 0 Å². The Hall–Kier alpha value is -1.15. The normalized spacial score (nSPS) is 18.3. The van der Waals surface area contributed by atoms with Crippen LogP contribution in [0.25, 0.3) is 0 Å². The fraction of sp³-hybridized carbons (Fsp3) is 0.919. The molecule has 0 heterocycles. The Morgan fingerprint density at radius 2 is 0.978 bits per heavy atom. The molecule has 3 fully saturated rings. The number of carbonyl (C=O) groups excluding carboxylic acids is 2. The van der Waals surface area contributed by atoms with Gasteiger partial charge in [0.05, 0.1) is 24.0 Å². The zero-order valence-corrected chi connectivity index (χ0v) is 31.2. The molecule has 0 unspecified atom stereocenters. The van der Waals surface area contributed by atoms with Gasteiger partial charge < -0.3 is 20.3 Å². The van der Waals surface area contributed by atoms with Crippen molar-refractivity contribution in [3.8, 4) is 0 Å². The molecule has 0 saturated heterocycles. The van der Waals surface area contributed by atoms with Gasteiger partial charge in [-0.3, -0.25) is 14.4 Å². The molecule has 0 atom stereocenters. The number of esters is 2. The van der Waals surface area contributed by atoms with E-state index in [0.717, 1.165) is 18.8 Å². The lowest BCUT2D eigenvalue weighted by atomic mass is 9.76. The number of rotatable bonds is 9. The molecule has 0 aliphatic heterocycles. The molecule has 0 aromatic carbocycles. The fourth-order valence-corrected chi connectivity index (χ4v) is 6.27. The van der Waals surface area contributed by atoms with Crippen molar-refractivity contribution in [3.05, 3.63) is 0 Å². The second-order valence-corrected chi connectivity index (χ2v) is 16.8. The lowest BCUT2D eigenvalue weighted by Crippen LogP contribution is -2.29. The van der Waals surface area contributed by atoms with Gasteiger partial charge >= 0.3 is 17.9 Å². The van der Waals surface area contributed by atoms with E-state index in [1.807, 2.05) is 34.6 Å². The highest BCUT2D eigenvalue weighted by Crippen LogP contribution is 2.36. The van der Waals surface area contributed by atoms with Gasteiger partial charge in [-0.05, 0) is 92.9 Å². The summed E-state index contributed by atoms with van der Waals surface area (Å²) >= 11 is 3.17. The first-order valence-electron chi connectivity index (χ1n) is 17.5.